The topological polar surface area (TPSA) is 48.7 Å². The number of nitriles is 1. The van der Waals surface area contributed by atoms with Gasteiger partial charge in [0.15, 0.2) is 0 Å². The minimum atomic E-state index is 0.0337. The van der Waals surface area contributed by atoms with Crippen LogP contribution in [0, 0.1) is 25.2 Å². The summed E-state index contributed by atoms with van der Waals surface area (Å²) in [5.41, 5.74) is 3.26. The van der Waals surface area contributed by atoms with E-state index < -0.39 is 0 Å². The molecule has 0 aliphatic rings. The highest BCUT2D eigenvalue weighted by Gasteiger charge is 2.22. The van der Waals surface area contributed by atoms with Crippen molar-refractivity contribution in [1.82, 2.24) is 4.98 Å². The monoisotopic (exact) mass is 285 g/mol. The molecule has 1 N–H and O–H groups in total. The summed E-state index contributed by atoms with van der Waals surface area (Å²) >= 11 is 1.76. The van der Waals surface area contributed by atoms with Gasteiger partial charge in [0.25, 0.3) is 0 Å². The second-order valence-electron chi connectivity index (χ2n) is 5.60. The van der Waals surface area contributed by atoms with Gasteiger partial charge in [-0.3, -0.25) is 4.98 Å². The van der Waals surface area contributed by atoms with E-state index in [0.29, 0.717) is 5.56 Å². The van der Waals surface area contributed by atoms with E-state index in [4.69, 9.17) is 0 Å². The van der Waals surface area contributed by atoms with Crippen molar-refractivity contribution in [2.75, 3.05) is 11.9 Å². The van der Waals surface area contributed by atoms with Gasteiger partial charge < -0.3 is 5.32 Å². The molecule has 0 spiro atoms. The number of thiophene rings is 1. The molecule has 104 valence electrons. The Morgan fingerprint density at radius 1 is 1.40 bits per heavy atom. The van der Waals surface area contributed by atoms with Crippen molar-refractivity contribution in [2.45, 2.75) is 33.1 Å². The molecule has 0 bridgehead atoms. The van der Waals surface area contributed by atoms with Gasteiger partial charge in [0, 0.05) is 22.5 Å². The minimum Gasteiger partial charge on any atom is -0.383 e. The Hall–Kier alpha value is -1.86. The van der Waals surface area contributed by atoms with E-state index in [1.54, 1.807) is 11.3 Å². The Balaban J connectivity index is 2.22. The van der Waals surface area contributed by atoms with Gasteiger partial charge in [-0.15, -0.1) is 11.3 Å². The molecule has 0 atom stereocenters. The lowest BCUT2D eigenvalue weighted by molar-refractivity contribution is 0.569. The Bertz CT molecular complexity index is 636. The van der Waals surface area contributed by atoms with Crippen molar-refractivity contribution in [3.8, 4) is 6.07 Å². The van der Waals surface area contributed by atoms with Crippen LogP contribution in [0.5, 0.6) is 0 Å². The third kappa shape index (κ3) is 3.00. The summed E-state index contributed by atoms with van der Waals surface area (Å²) in [7, 11) is 0. The zero-order valence-electron chi connectivity index (χ0n) is 12.3. The SMILES string of the molecule is Cc1cc(NCC(C)(C)c2cccs2)c(C#N)c(C)n1. The maximum absolute atomic E-state index is 9.28. The molecule has 0 aliphatic carbocycles. The highest BCUT2D eigenvalue weighted by molar-refractivity contribution is 7.10. The maximum atomic E-state index is 9.28. The number of nitrogens with one attached hydrogen (secondary N) is 1. The van der Waals surface area contributed by atoms with Crippen LogP contribution in [0.15, 0.2) is 23.6 Å². The van der Waals surface area contributed by atoms with Gasteiger partial charge in [-0.05, 0) is 31.4 Å². The van der Waals surface area contributed by atoms with Gasteiger partial charge >= 0.3 is 0 Å². The molecule has 0 amide bonds. The van der Waals surface area contributed by atoms with Gasteiger partial charge in [0.05, 0.1) is 16.9 Å². The first-order valence-electron chi connectivity index (χ1n) is 6.60. The predicted molar refractivity (Wildman–Crippen MR) is 84.3 cm³/mol. The summed E-state index contributed by atoms with van der Waals surface area (Å²) in [6.45, 7) is 9.02. The average Bonchev–Trinajstić information content (AvgIpc) is 2.90. The number of hydrogen-bond donors (Lipinski definition) is 1. The smallest absolute Gasteiger partial charge is 0.103 e. The molecule has 2 rings (SSSR count). The number of aromatic nitrogens is 1. The lowest BCUT2D eigenvalue weighted by Gasteiger charge is -2.25. The molecule has 0 aliphatic heterocycles. The molecule has 0 aromatic carbocycles. The van der Waals surface area contributed by atoms with E-state index in [-0.39, 0.29) is 5.41 Å². The van der Waals surface area contributed by atoms with Gasteiger partial charge in [-0.2, -0.15) is 5.26 Å². The summed E-state index contributed by atoms with van der Waals surface area (Å²) < 4.78 is 0. The number of nitrogens with zero attached hydrogens (tertiary/aromatic N) is 2. The summed E-state index contributed by atoms with van der Waals surface area (Å²) in [5, 5.41) is 14.8. The van der Waals surface area contributed by atoms with Crippen molar-refractivity contribution in [3.63, 3.8) is 0 Å². The number of rotatable bonds is 4. The Morgan fingerprint density at radius 2 is 2.15 bits per heavy atom. The number of pyridine rings is 1. The van der Waals surface area contributed by atoms with Gasteiger partial charge in [0.2, 0.25) is 0 Å². The third-order valence-electron chi connectivity index (χ3n) is 3.35. The van der Waals surface area contributed by atoms with Crippen LogP contribution in [-0.4, -0.2) is 11.5 Å². The first-order chi connectivity index (χ1) is 9.44. The lowest BCUT2D eigenvalue weighted by atomic mass is 9.91. The fraction of sp³-hybridized carbons (Fsp3) is 0.375. The number of aryl methyl sites for hydroxylation is 2. The molecule has 2 heterocycles. The highest BCUT2D eigenvalue weighted by Crippen LogP contribution is 2.28. The number of anilines is 1. The summed E-state index contributed by atoms with van der Waals surface area (Å²) in [6, 6.07) is 8.41. The zero-order valence-corrected chi connectivity index (χ0v) is 13.1. The normalized spacial score (nSPS) is 11.2. The molecule has 0 saturated heterocycles. The Morgan fingerprint density at radius 3 is 2.75 bits per heavy atom. The van der Waals surface area contributed by atoms with Crippen LogP contribution in [0.25, 0.3) is 0 Å². The van der Waals surface area contributed by atoms with E-state index >= 15 is 0 Å². The lowest BCUT2D eigenvalue weighted by Crippen LogP contribution is -2.27. The molecular weight excluding hydrogens is 266 g/mol. The molecule has 2 aromatic heterocycles. The standard InChI is InChI=1S/C16H19N3S/c1-11-8-14(13(9-17)12(2)19-11)18-10-16(3,4)15-6-5-7-20-15/h5-8H,10H2,1-4H3,(H,18,19). The van der Waals surface area contributed by atoms with Crippen LogP contribution in [-0.2, 0) is 5.41 Å². The summed E-state index contributed by atoms with van der Waals surface area (Å²) in [5.74, 6) is 0. The Kier molecular flexibility index (Phi) is 4.10. The summed E-state index contributed by atoms with van der Waals surface area (Å²) in [6.07, 6.45) is 0. The first-order valence-corrected chi connectivity index (χ1v) is 7.48. The van der Waals surface area contributed by atoms with Crippen molar-refractivity contribution >= 4 is 17.0 Å². The average molecular weight is 285 g/mol. The van der Waals surface area contributed by atoms with Crippen LogP contribution in [0.2, 0.25) is 0 Å². The van der Waals surface area contributed by atoms with Gasteiger partial charge in [0.1, 0.15) is 6.07 Å². The van der Waals surface area contributed by atoms with Crippen LogP contribution in [0.4, 0.5) is 5.69 Å². The largest absolute Gasteiger partial charge is 0.383 e. The highest BCUT2D eigenvalue weighted by atomic mass is 32.1. The second kappa shape index (κ2) is 5.64. The van der Waals surface area contributed by atoms with Crippen LogP contribution < -0.4 is 5.32 Å². The minimum absolute atomic E-state index is 0.0337. The van der Waals surface area contributed by atoms with E-state index in [2.05, 4.69) is 47.7 Å². The zero-order chi connectivity index (χ0) is 14.8. The van der Waals surface area contributed by atoms with Gasteiger partial charge in [-0.25, -0.2) is 0 Å². The van der Waals surface area contributed by atoms with Crippen molar-refractivity contribution in [1.29, 1.82) is 5.26 Å². The van der Waals surface area contributed by atoms with E-state index in [1.807, 2.05) is 19.9 Å². The summed E-state index contributed by atoms with van der Waals surface area (Å²) in [4.78, 5) is 5.68. The molecule has 0 saturated carbocycles. The first kappa shape index (κ1) is 14.5. The van der Waals surface area contributed by atoms with Crippen LogP contribution in [0.3, 0.4) is 0 Å². The molecule has 4 heteroatoms. The fourth-order valence-electron chi connectivity index (χ4n) is 2.18. The molecule has 0 unspecified atom stereocenters. The van der Waals surface area contributed by atoms with Crippen molar-refractivity contribution in [3.05, 3.63) is 45.4 Å². The second-order valence-corrected chi connectivity index (χ2v) is 6.55. The molecular formula is C16H19N3S. The third-order valence-corrected chi connectivity index (χ3v) is 4.59. The molecule has 2 aromatic rings. The van der Waals surface area contributed by atoms with Crippen molar-refractivity contribution in [2.24, 2.45) is 0 Å². The maximum Gasteiger partial charge on any atom is 0.103 e. The predicted octanol–water partition coefficient (Wildman–Crippen LogP) is 4.02. The van der Waals surface area contributed by atoms with Crippen LogP contribution >= 0.6 is 11.3 Å². The molecule has 0 fully saturated rings. The van der Waals surface area contributed by atoms with Crippen molar-refractivity contribution < 1.29 is 0 Å². The van der Waals surface area contributed by atoms with Gasteiger partial charge in [-0.1, -0.05) is 19.9 Å². The molecule has 20 heavy (non-hydrogen) atoms. The molecule has 0 radical (unpaired) electrons. The number of hydrogen-bond acceptors (Lipinski definition) is 4. The molecule has 3 nitrogen and oxygen atoms in total. The Labute approximate surface area is 124 Å². The quantitative estimate of drug-likeness (QED) is 0.923. The fourth-order valence-corrected chi connectivity index (χ4v) is 3.03. The van der Waals surface area contributed by atoms with Crippen LogP contribution in [0.1, 0.15) is 35.7 Å². The van der Waals surface area contributed by atoms with E-state index in [1.165, 1.54) is 4.88 Å². The van der Waals surface area contributed by atoms with E-state index in [0.717, 1.165) is 23.6 Å². The van der Waals surface area contributed by atoms with E-state index in [9.17, 15) is 5.26 Å².